The minimum absolute atomic E-state index is 0.442. The predicted molar refractivity (Wildman–Crippen MR) is 63.8 cm³/mol. The van der Waals surface area contributed by atoms with Crippen molar-refractivity contribution in [2.24, 2.45) is 0 Å². The van der Waals surface area contributed by atoms with E-state index < -0.39 is 0 Å². The molecule has 0 unspecified atom stereocenters. The van der Waals surface area contributed by atoms with Gasteiger partial charge in [0.2, 0.25) is 5.89 Å². The second kappa shape index (κ2) is 4.73. The highest BCUT2D eigenvalue weighted by atomic mass is 16.5. The number of anilines is 2. The van der Waals surface area contributed by atoms with Gasteiger partial charge in [-0.05, 0) is 19.1 Å². The fourth-order valence-electron chi connectivity index (χ4n) is 1.41. The Hall–Kier alpha value is -2.24. The lowest BCUT2D eigenvalue weighted by Gasteiger charge is -2.08. The number of nitrogens with two attached hydrogens (primary N) is 1. The lowest BCUT2D eigenvalue weighted by atomic mass is 10.2. The fourth-order valence-corrected chi connectivity index (χ4v) is 1.41. The molecule has 17 heavy (non-hydrogen) atoms. The monoisotopic (exact) mass is 234 g/mol. The average molecular weight is 234 g/mol. The largest absolute Gasteiger partial charge is 0.497 e. The lowest BCUT2D eigenvalue weighted by molar-refractivity contribution is 0.379. The molecule has 0 saturated carbocycles. The number of hydrogen-bond acceptors (Lipinski definition) is 6. The van der Waals surface area contributed by atoms with Gasteiger partial charge < -0.3 is 20.3 Å². The number of nitrogens with zero attached hydrogens (tertiary/aromatic N) is 2. The molecule has 6 heteroatoms. The van der Waals surface area contributed by atoms with E-state index in [0.29, 0.717) is 23.9 Å². The van der Waals surface area contributed by atoms with Crippen LogP contribution >= 0.6 is 0 Å². The first-order valence-corrected chi connectivity index (χ1v) is 5.15. The van der Waals surface area contributed by atoms with Gasteiger partial charge in [0, 0.05) is 6.07 Å². The molecule has 0 aliphatic carbocycles. The Morgan fingerprint density at radius 1 is 1.47 bits per heavy atom. The molecular formula is C11H14N4O2. The van der Waals surface area contributed by atoms with Crippen LogP contribution in [-0.4, -0.2) is 17.3 Å². The molecular weight excluding hydrogens is 220 g/mol. The van der Waals surface area contributed by atoms with Gasteiger partial charge in [-0.2, -0.15) is 4.98 Å². The fraction of sp³-hybridized carbons (Fsp3) is 0.273. The molecule has 1 heterocycles. The number of hydrogen-bond donors (Lipinski definition) is 2. The van der Waals surface area contributed by atoms with E-state index in [1.165, 1.54) is 0 Å². The first-order valence-electron chi connectivity index (χ1n) is 5.15. The summed E-state index contributed by atoms with van der Waals surface area (Å²) < 4.78 is 10.0. The molecule has 0 atom stereocenters. The highest BCUT2D eigenvalue weighted by Gasteiger charge is 2.04. The van der Waals surface area contributed by atoms with Crippen LogP contribution in [0.25, 0.3) is 0 Å². The van der Waals surface area contributed by atoms with Crippen LogP contribution in [-0.2, 0) is 6.54 Å². The Morgan fingerprint density at radius 3 is 2.88 bits per heavy atom. The van der Waals surface area contributed by atoms with Crippen LogP contribution in [0.1, 0.15) is 11.7 Å². The smallest absolute Gasteiger partial charge is 0.245 e. The van der Waals surface area contributed by atoms with E-state index in [2.05, 4.69) is 15.5 Å². The van der Waals surface area contributed by atoms with Gasteiger partial charge in [-0.15, -0.1) is 0 Å². The van der Waals surface area contributed by atoms with Crippen LogP contribution in [0.5, 0.6) is 5.75 Å². The van der Waals surface area contributed by atoms with E-state index in [4.69, 9.17) is 15.0 Å². The molecule has 0 radical (unpaired) electrons. The van der Waals surface area contributed by atoms with E-state index in [0.717, 1.165) is 11.4 Å². The number of rotatable bonds is 4. The van der Waals surface area contributed by atoms with Crippen LogP contribution in [0.2, 0.25) is 0 Å². The molecule has 1 aromatic carbocycles. The third-order valence-electron chi connectivity index (χ3n) is 2.26. The van der Waals surface area contributed by atoms with E-state index >= 15 is 0 Å². The van der Waals surface area contributed by atoms with Gasteiger partial charge in [-0.3, -0.25) is 0 Å². The number of nitrogen functional groups attached to an aromatic ring is 1. The third kappa shape index (κ3) is 2.66. The predicted octanol–water partition coefficient (Wildman–Crippen LogP) is 1.58. The molecule has 90 valence electrons. The van der Waals surface area contributed by atoms with Crippen LogP contribution in [0.3, 0.4) is 0 Å². The highest BCUT2D eigenvalue weighted by molar-refractivity contribution is 5.68. The van der Waals surface area contributed by atoms with Crippen molar-refractivity contribution in [3.05, 3.63) is 29.9 Å². The van der Waals surface area contributed by atoms with Crippen molar-refractivity contribution < 1.29 is 9.26 Å². The van der Waals surface area contributed by atoms with Crippen molar-refractivity contribution in [3.63, 3.8) is 0 Å². The van der Waals surface area contributed by atoms with Gasteiger partial charge in [0.25, 0.3) is 0 Å². The van der Waals surface area contributed by atoms with E-state index in [1.807, 2.05) is 12.1 Å². The molecule has 3 N–H and O–H groups in total. The molecule has 0 spiro atoms. The zero-order chi connectivity index (χ0) is 12.3. The summed E-state index contributed by atoms with van der Waals surface area (Å²) in [6, 6.07) is 5.43. The van der Waals surface area contributed by atoms with Gasteiger partial charge in [0.05, 0.1) is 25.0 Å². The summed E-state index contributed by atoms with van der Waals surface area (Å²) in [6.07, 6.45) is 0. The van der Waals surface area contributed by atoms with Gasteiger partial charge in [-0.1, -0.05) is 5.16 Å². The zero-order valence-corrected chi connectivity index (χ0v) is 9.73. The molecule has 1 aromatic heterocycles. The van der Waals surface area contributed by atoms with Crippen molar-refractivity contribution >= 4 is 11.4 Å². The molecule has 0 amide bonds. The van der Waals surface area contributed by atoms with Gasteiger partial charge in [0.1, 0.15) is 5.75 Å². The number of benzene rings is 1. The van der Waals surface area contributed by atoms with Gasteiger partial charge >= 0.3 is 0 Å². The lowest BCUT2D eigenvalue weighted by Crippen LogP contribution is -2.03. The normalized spacial score (nSPS) is 10.2. The van der Waals surface area contributed by atoms with Gasteiger partial charge in [-0.25, -0.2) is 0 Å². The summed E-state index contributed by atoms with van der Waals surface area (Å²) >= 11 is 0. The SMILES string of the molecule is COc1ccc(NCc2nc(C)no2)c(N)c1. The number of methoxy groups -OCH3 is 1. The third-order valence-corrected chi connectivity index (χ3v) is 2.26. The second-order valence-electron chi connectivity index (χ2n) is 3.54. The molecule has 0 aliphatic rings. The standard InChI is InChI=1S/C11H14N4O2/c1-7-14-11(17-15-7)6-13-10-4-3-8(16-2)5-9(10)12/h3-5,13H,6,12H2,1-2H3. The van der Waals surface area contributed by atoms with Crippen molar-refractivity contribution in [2.45, 2.75) is 13.5 Å². The second-order valence-corrected chi connectivity index (χ2v) is 3.54. The summed E-state index contributed by atoms with van der Waals surface area (Å²) in [5.41, 5.74) is 7.28. The number of aromatic nitrogens is 2. The van der Waals surface area contributed by atoms with E-state index in [9.17, 15) is 0 Å². The zero-order valence-electron chi connectivity index (χ0n) is 9.73. The average Bonchev–Trinajstić information content (AvgIpc) is 2.73. The highest BCUT2D eigenvalue weighted by Crippen LogP contribution is 2.24. The Balaban J connectivity index is 2.04. The van der Waals surface area contributed by atoms with Crippen molar-refractivity contribution in [3.8, 4) is 5.75 Å². The number of aryl methyl sites for hydroxylation is 1. The van der Waals surface area contributed by atoms with Crippen molar-refractivity contribution in [2.75, 3.05) is 18.2 Å². The minimum atomic E-state index is 0.442. The Kier molecular flexibility index (Phi) is 3.13. The Bertz CT molecular complexity index is 510. The molecule has 2 rings (SSSR count). The summed E-state index contributed by atoms with van der Waals surface area (Å²) in [6.45, 7) is 2.21. The van der Waals surface area contributed by atoms with Crippen LogP contribution in [0.15, 0.2) is 22.7 Å². The maximum atomic E-state index is 5.86. The van der Waals surface area contributed by atoms with E-state index in [-0.39, 0.29) is 0 Å². The van der Waals surface area contributed by atoms with Gasteiger partial charge in [0.15, 0.2) is 5.82 Å². The topological polar surface area (TPSA) is 86.2 Å². The molecule has 0 fully saturated rings. The van der Waals surface area contributed by atoms with Crippen LogP contribution in [0.4, 0.5) is 11.4 Å². The molecule has 0 bridgehead atoms. The summed E-state index contributed by atoms with van der Waals surface area (Å²) in [7, 11) is 1.60. The summed E-state index contributed by atoms with van der Waals surface area (Å²) in [4.78, 5) is 4.08. The van der Waals surface area contributed by atoms with E-state index in [1.54, 1.807) is 20.1 Å². The molecule has 0 aliphatic heterocycles. The molecule has 0 saturated heterocycles. The van der Waals surface area contributed by atoms with Crippen LogP contribution in [0, 0.1) is 6.92 Å². The molecule has 2 aromatic rings. The number of ether oxygens (including phenoxy) is 1. The maximum absolute atomic E-state index is 5.86. The van der Waals surface area contributed by atoms with Crippen LogP contribution < -0.4 is 15.8 Å². The molecule has 6 nitrogen and oxygen atoms in total. The summed E-state index contributed by atoms with van der Waals surface area (Å²) in [5.74, 6) is 1.86. The number of nitrogens with one attached hydrogen (secondary N) is 1. The Labute approximate surface area is 98.8 Å². The first-order chi connectivity index (χ1) is 8.19. The minimum Gasteiger partial charge on any atom is -0.497 e. The van der Waals surface area contributed by atoms with Crippen molar-refractivity contribution in [1.29, 1.82) is 0 Å². The Morgan fingerprint density at radius 2 is 2.29 bits per heavy atom. The first kappa shape index (κ1) is 11.3. The van der Waals surface area contributed by atoms with Crippen molar-refractivity contribution in [1.82, 2.24) is 10.1 Å². The quantitative estimate of drug-likeness (QED) is 0.781. The maximum Gasteiger partial charge on any atom is 0.245 e. The summed E-state index contributed by atoms with van der Waals surface area (Å²) in [5, 5.41) is 6.82.